The van der Waals surface area contributed by atoms with Crippen LogP contribution in [-0.4, -0.2) is 72.2 Å². The number of likely N-dealkylation sites (N-methyl/N-ethyl adjacent to an activating group) is 1. The highest BCUT2D eigenvalue weighted by Gasteiger charge is 2.22. The fraction of sp³-hybridized carbons (Fsp3) is 0.346. The average Bonchev–Trinajstić information content (AvgIpc) is 2.86. The molecule has 2 aromatic carbocycles. The second kappa shape index (κ2) is 9.60. The molecule has 0 spiro atoms. The predicted octanol–water partition coefficient (Wildman–Crippen LogP) is 3.93. The number of benzene rings is 2. The van der Waals surface area contributed by atoms with Crippen LogP contribution in [0.1, 0.15) is 21.5 Å². The lowest BCUT2D eigenvalue weighted by molar-refractivity contribution is 0.0664. The van der Waals surface area contributed by atoms with E-state index in [-0.39, 0.29) is 5.91 Å². The van der Waals surface area contributed by atoms with E-state index in [0.717, 1.165) is 73.6 Å². The predicted molar refractivity (Wildman–Crippen MR) is 137 cm³/mol. The minimum atomic E-state index is 0.0865. The Kier molecular flexibility index (Phi) is 6.39. The van der Waals surface area contributed by atoms with E-state index in [0.29, 0.717) is 5.56 Å². The molecule has 7 nitrogen and oxygen atoms in total. The topological polar surface area (TPSA) is 64.6 Å². The van der Waals surface area contributed by atoms with Crippen molar-refractivity contribution in [2.75, 3.05) is 56.5 Å². The van der Waals surface area contributed by atoms with Crippen LogP contribution in [0.5, 0.6) is 0 Å². The van der Waals surface area contributed by atoms with E-state index in [1.807, 2.05) is 41.3 Å². The van der Waals surface area contributed by atoms with Gasteiger partial charge in [-0.25, -0.2) is 0 Å². The summed E-state index contributed by atoms with van der Waals surface area (Å²) < 4.78 is 0. The van der Waals surface area contributed by atoms with Gasteiger partial charge in [0, 0.05) is 62.0 Å². The third-order valence-electron chi connectivity index (χ3n) is 6.68. The molecule has 8 heteroatoms. The molecule has 1 fully saturated rings. The largest absolute Gasteiger partial charge is 0.365 e. The summed E-state index contributed by atoms with van der Waals surface area (Å²) >= 11 is 6.25. The van der Waals surface area contributed by atoms with E-state index in [1.54, 1.807) is 0 Å². The second-order valence-corrected chi connectivity index (χ2v) is 9.49. The average molecular weight is 477 g/mol. The normalized spacial score (nSPS) is 16.2. The zero-order valence-electron chi connectivity index (χ0n) is 19.6. The lowest BCUT2D eigenvalue weighted by atomic mass is 10.1. The SMILES string of the molecule is Cc1ccc(Cl)cc1CN1CCNc2nnc(-c3ccc(C(=O)N4CCN(C)CC4)cc3)cc21. The van der Waals surface area contributed by atoms with Gasteiger partial charge in [0.15, 0.2) is 5.82 Å². The first-order valence-corrected chi connectivity index (χ1v) is 12.1. The van der Waals surface area contributed by atoms with Crippen molar-refractivity contribution in [3.05, 3.63) is 70.2 Å². The monoisotopic (exact) mass is 476 g/mol. The number of aromatic nitrogens is 2. The molecule has 0 aliphatic carbocycles. The Labute approximate surface area is 205 Å². The highest BCUT2D eigenvalue weighted by atomic mass is 35.5. The maximum Gasteiger partial charge on any atom is 0.253 e. The Balaban J connectivity index is 1.36. The number of fused-ring (bicyclic) bond motifs is 1. The van der Waals surface area contributed by atoms with E-state index in [9.17, 15) is 4.79 Å². The Morgan fingerprint density at radius 1 is 1.00 bits per heavy atom. The van der Waals surface area contributed by atoms with Gasteiger partial charge >= 0.3 is 0 Å². The van der Waals surface area contributed by atoms with Crippen LogP contribution in [0.2, 0.25) is 5.02 Å². The fourth-order valence-electron chi connectivity index (χ4n) is 4.48. The van der Waals surface area contributed by atoms with Crippen molar-refractivity contribution in [1.29, 1.82) is 0 Å². The summed E-state index contributed by atoms with van der Waals surface area (Å²) in [6.45, 7) is 7.89. The number of hydrogen-bond acceptors (Lipinski definition) is 6. The van der Waals surface area contributed by atoms with Gasteiger partial charge < -0.3 is 20.0 Å². The summed E-state index contributed by atoms with van der Waals surface area (Å²) in [4.78, 5) is 19.4. The summed E-state index contributed by atoms with van der Waals surface area (Å²) in [5.41, 5.74) is 5.87. The van der Waals surface area contributed by atoms with Crippen molar-refractivity contribution in [1.82, 2.24) is 20.0 Å². The molecule has 1 aromatic heterocycles. The molecule has 34 heavy (non-hydrogen) atoms. The quantitative estimate of drug-likeness (QED) is 0.615. The zero-order chi connectivity index (χ0) is 23.7. The highest BCUT2D eigenvalue weighted by molar-refractivity contribution is 6.30. The number of carbonyl (C=O) groups excluding carboxylic acids is 1. The summed E-state index contributed by atoms with van der Waals surface area (Å²) in [5.74, 6) is 0.875. The maximum absolute atomic E-state index is 12.9. The summed E-state index contributed by atoms with van der Waals surface area (Å²) in [7, 11) is 2.09. The van der Waals surface area contributed by atoms with Crippen molar-refractivity contribution in [2.45, 2.75) is 13.5 Å². The Morgan fingerprint density at radius 2 is 1.76 bits per heavy atom. The number of hydrogen-bond donors (Lipinski definition) is 1. The van der Waals surface area contributed by atoms with Crippen molar-refractivity contribution >= 4 is 29.0 Å². The molecule has 0 atom stereocenters. The number of rotatable bonds is 4. The molecule has 0 bridgehead atoms. The molecule has 176 valence electrons. The summed E-state index contributed by atoms with van der Waals surface area (Å²) in [5, 5.41) is 13.0. The number of halogens is 1. The smallest absolute Gasteiger partial charge is 0.253 e. The van der Waals surface area contributed by atoms with Gasteiger partial charge in [-0.3, -0.25) is 4.79 Å². The Bertz CT molecular complexity index is 1190. The van der Waals surface area contributed by atoms with E-state index >= 15 is 0 Å². The van der Waals surface area contributed by atoms with Crippen LogP contribution in [0.25, 0.3) is 11.3 Å². The van der Waals surface area contributed by atoms with Gasteiger partial charge in [-0.15, -0.1) is 10.2 Å². The number of carbonyl (C=O) groups is 1. The van der Waals surface area contributed by atoms with Crippen molar-refractivity contribution < 1.29 is 4.79 Å². The van der Waals surface area contributed by atoms with E-state index in [4.69, 9.17) is 11.6 Å². The number of aryl methyl sites for hydroxylation is 1. The Hall–Kier alpha value is -3.16. The van der Waals surface area contributed by atoms with Gasteiger partial charge in [0.2, 0.25) is 0 Å². The number of anilines is 2. The molecule has 1 amide bonds. The first-order chi connectivity index (χ1) is 16.5. The molecule has 3 heterocycles. The second-order valence-electron chi connectivity index (χ2n) is 9.06. The van der Waals surface area contributed by atoms with Crippen LogP contribution >= 0.6 is 11.6 Å². The number of amides is 1. The van der Waals surface area contributed by atoms with Gasteiger partial charge in [-0.1, -0.05) is 29.8 Å². The van der Waals surface area contributed by atoms with Gasteiger partial charge in [0.25, 0.3) is 5.91 Å². The minimum Gasteiger partial charge on any atom is -0.365 e. The van der Waals surface area contributed by atoms with Crippen LogP contribution in [0.15, 0.2) is 48.5 Å². The number of nitrogens with one attached hydrogen (secondary N) is 1. The minimum absolute atomic E-state index is 0.0865. The van der Waals surface area contributed by atoms with Gasteiger partial charge in [0.1, 0.15) is 0 Å². The summed E-state index contributed by atoms with van der Waals surface area (Å²) in [6.07, 6.45) is 0. The molecule has 0 unspecified atom stereocenters. The molecule has 1 N–H and O–H groups in total. The van der Waals surface area contributed by atoms with Crippen LogP contribution in [0, 0.1) is 6.92 Å². The van der Waals surface area contributed by atoms with E-state index < -0.39 is 0 Å². The highest BCUT2D eigenvalue weighted by Crippen LogP contribution is 2.32. The summed E-state index contributed by atoms with van der Waals surface area (Å²) in [6, 6.07) is 15.8. The molecule has 3 aromatic rings. The lowest BCUT2D eigenvalue weighted by Gasteiger charge is -2.32. The fourth-order valence-corrected chi connectivity index (χ4v) is 4.67. The van der Waals surface area contributed by atoms with E-state index in [1.165, 1.54) is 11.1 Å². The Morgan fingerprint density at radius 3 is 2.53 bits per heavy atom. The zero-order valence-corrected chi connectivity index (χ0v) is 20.3. The van der Waals surface area contributed by atoms with Crippen LogP contribution < -0.4 is 10.2 Å². The molecule has 2 aliphatic heterocycles. The van der Waals surface area contributed by atoms with Crippen LogP contribution in [-0.2, 0) is 6.54 Å². The molecular formula is C26H29ClN6O. The molecule has 0 radical (unpaired) electrons. The van der Waals surface area contributed by atoms with Gasteiger partial charge in [-0.05, 0) is 55.4 Å². The van der Waals surface area contributed by atoms with Gasteiger partial charge in [-0.2, -0.15) is 0 Å². The van der Waals surface area contributed by atoms with Crippen molar-refractivity contribution in [3.63, 3.8) is 0 Å². The first-order valence-electron chi connectivity index (χ1n) is 11.7. The number of piperazine rings is 1. The lowest BCUT2D eigenvalue weighted by Crippen LogP contribution is -2.47. The van der Waals surface area contributed by atoms with Crippen molar-refractivity contribution in [3.8, 4) is 11.3 Å². The molecule has 1 saturated heterocycles. The van der Waals surface area contributed by atoms with Gasteiger partial charge in [0.05, 0.1) is 11.4 Å². The standard InChI is InChI=1S/C26H29ClN6O/c1-18-3-8-22(27)15-21(18)17-33-10-9-28-25-24(33)16-23(29-30-25)19-4-6-20(7-5-19)26(34)32-13-11-31(2)12-14-32/h3-8,15-16H,9-14,17H2,1-2H3,(H,28,30). The van der Waals surface area contributed by atoms with Crippen LogP contribution in [0.3, 0.4) is 0 Å². The molecule has 5 rings (SSSR count). The maximum atomic E-state index is 12.9. The first kappa shape index (κ1) is 22.6. The van der Waals surface area contributed by atoms with Crippen LogP contribution in [0.4, 0.5) is 11.5 Å². The van der Waals surface area contributed by atoms with E-state index in [2.05, 4.69) is 51.4 Å². The third kappa shape index (κ3) is 4.72. The number of nitrogens with zero attached hydrogens (tertiary/aromatic N) is 5. The molecule has 0 saturated carbocycles. The van der Waals surface area contributed by atoms with Crippen molar-refractivity contribution in [2.24, 2.45) is 0 Å². The third-order valence-corrected chi connectivity index (χ3v) is 6.91. The molecular weight excluding hydrogens is 448 g/mol. The molecule has 2 aliphatic rings.